The zero-order chi connectivity index (χ0) is 20.5. The Morgan fingerprint density at radius 3 is 2.57 bits per heavy atom. The molecule has 1 aromatic heterocycles. The van der Waals surface area contributed by atoms with Gasteiger partial charge in [0.1, 0.15) is 17.7 Å². The average Bonchev–Trinajstić information content (AvgIpc) is 3.15. The molecule has 2 aromatic carbocycles. The topological polar surface area (TPSA) is 103 Å². The molecule has 3 rings (SSSR count). The molecule has 0 aliphatic rings. The first-order valence-electron chi connectivity index (χ1n) is 7.48. The van der Waals surface area contributed by atoms with E-state index >= 15 is 0 Å². The van der Waals surface area contributed by atoms with Crippen molar-refractivity contribution in [2.75, 3.05) is 5.32 Å². The van der Waals surface area contributed by atoms with E-state index in [4.69, 9.17) is 11.6 Å². The fourth-order valence-electron chi connectivity index (χ4n) is 2.33. The van der Waals surface area contributed by atoms with Crippen LogP contribution in [0.25, 0.3) is 5.69 Å². The monoisotopic (exact) mass is 411 g/mol. The van der Waals surface area contributed by atoms with Gasteiger partial charge in [-0.05, 0) is 30.3 Å². The van der Waals surface area contributed by atoms with Crippen molar-refractivity contribution in [3.8, 4) is 5.69 Å². The van der Waals surface area contributed by atoms with Crippen LogP contribution in [0.3, 0.4) is 0 Å². The normalized spacial score (nSPS) is 11.3. The highest BCUT2D eigenvalue weighted by atomic mass is 35.5. The summed E-state index contributed by atoms with van der Waals surface area (Å²) < 4.78 is 40.3. The number of halogens is 4. The number of nitro groups is 1. The number of alkyl halides is 3. The predicted octanol–water partition coefficient (Wildman–Crippen LogP) is 4.10. The number of nitrogens with zero attached hydrogens (tertiary/aromatic N) is 4. The summed E-state index contributed by atoms with van der Waals surface area (Å²) in [6, 6.07) is 5.99. The molecule has 0 saturated heterocycles. The number of hydrogen-bond donors (Lipinski definition) is 1. The number of benzene rings is 2. The van der Waals surface area contributed by atoms with Crippen molar-refractivity contribution in [3.05, 3.63) is 75.3 Å². The maximum atomic E-state index is 13.1. The number of nitro benzene ring substituents is 1. The molecule has 1 amide bonds. The Kier molecular flexibility index (Phi) is 5.01. The molecule has 0 unspecified atom stereocenters. The smallest absolute Gasteiger partial charge is 0.320 e. The van der Waals surface area contributed by atoms with Crippen molar-refractivity contribution in [1.82, 2.24) is 14.8 Å². The van der Waals surface area contributed by atoms with Crippen molar-refractivity contribution < 1.29 is 22.9 Å². The summed E-state index contributed by atoms with van der Waals surface area (Å²) in [6.45, 7) is 0. The molecule has 1 heterocycles. The maximum Gasteiger partial charge on any atom is 0.416 e. The Bertz CT molecular complexity index is 1050. The number of anilines is 1. The second-order valence-electron chi connectivity index (χ2n) is 5.45. The van der Waals surface area contributed by atoms with Crippen LogP contribution >= 0.6 is 11.6 Å². The van der Waals surface area contributed by atoms with Gasteiger partial charge in [0.05, 0.1) is 21.9 Å². The van der Waals surface area contributed by atoms with E-state index in [0.29, 0.717) is 0 Å². The largest absolute Gasteiger partial charge is 0.416 e. The summed E-state index contributed by atoms with van der Waals surface area (Å²) in [5.74, 6) is -0.861. The average molecular weight is 412 g/mol. The maximum absolute atomic E-state index is 13.1. The Balaban J connectivity index is 2.02. The van der Waals surface area contributed by atoms with Crippen LogP contribution in [-0.2, 0) is 6.18 Å². The van der Waals surface area contributed by atoms with Gasteiger partial charge in [-0.3, -0.25) is 14.9 Å². The van der Waals surface area contributed by atoms with Crippen LogP contribution in [-0.4, -0.2) is 25.6 Å². The highest BCUT2D eigenvalue weighted by Gasteiger charge is 2.31. The standard InChI is InChI=1S/C16H9ClF3N5O3/c17-11-3-1-9(5-14(11)25(27)28)15(26)23-12-6-10(16(18,19)20)2-4-13(12)24-8-21-7-22-24/h1-8H,(H,23,26). The molecule has 3 aromatic rings. The van der Waals surface area contributed by atoms with E-state index in [1.54, 1.807) is 0 Å². The number of rotatable bonds is 4. The molecule has 0 fully saturated rings. The first-order valence-corrected chi connectivity index (χ1v) is 7.86. The second-order valence-corrected chi connectivity index (χ2v) is 5.85. The van der Waals surface area contributed by atoms with Crippen LogP contribution in [0.1, 0.15) is 15.9 Å². The molecule has 0 bridgehead atoms. The molecular formula is C16H9ClF3N5O3. The van der Waals surface area contributed by atoms with Crippen molar-refractivity contribution in [2.45, 2.75) is 6.18 Å². The summed E-state index contributed by atoms with van der Waals surface area (Å²) in [5, 5.41) is 16.9. The Morgan fingerprint density at radius 1 is 1.21 bits per heavy atom. The summed E-state index contributed by atoms with van der Waals surface area (Å²) in [4.78, 5) is 26.4. The molecule has 12 heteroatoms. The minimum absolute atomic E-state index is 0.127. The fourth-order valence-corrected chi connectivity index (χ4v) is 2.52. The zero-order valence-electron chi connectivity index (χ0n) is 13.6. The minimum Gasteiger partial charge on any atom is -0.320 e. The van der Waals surface area contributed by atoms with Gasteiger partial charge in [-0.2, -0.15) is 18.3 Å². The molecule has 1 N–H and O–H groups in total. The fraction of sp³-hybridized carbons (Fsp3) is 0.0625. The third kappa shape index (κ3) is 3.93. The van der Waals surface area contributed by atoms with Crippen LogP contribution in [0, 0.1) is 10.1 Å². The van der Waals surface area contributed by atoms with Crippen molar-refractivity contribution in [1.29, 1.82) is 0 Å². The van der Waals surface area contributed by atoms with Crippen molar-refractivity contribution >= 4 is 28.9 Å². The first-order chi connectivity index (χ1) is 13.2. The van der Waals surface area contributed by atoms with Gasteiger partial charge in [0, 0.05) is 11.6 Å². The lowest BCUT2D eigenvalue weighted by atomic mass is 10.1. The summed E-state index contributed by atoms with van der Waals surface area (Å²) >= 11 is 5.70. The molecule has 8 nitrogen and oxygen atoms in total. The quantitative estimate of drug-likeness (QED) is 0.514. The number of aromatic nitrogens is 3. The van der Waals surface area contributed by atoms with Gasteiger partial charge >= 0.3 is 6.18 Å². The Labute approximate surface area is 159 Å². The van der Waals surface area contributed by atoms with E-state index in [2.05, 4.69) is 15.4 Å². The minimum atomic E-state index is -4.64. The number of carbonyl (C=O) groups is 1. The molecule has 0 aliphatic heterocycles. The van der Waals surface area contributed by atoms with Crippen molar-refractivity contribution in [3.63, 3.8) is 0 Å². The number of amides is 1. The highest BCUT2D eigenvalue weighted by molar-refractivity contribution is 6.32. The Hall–Kier alpha value is -3.47. The van der Waals surface area contributed by atoms with Gasteiger partial charge in [0.25, 0.3) is 11.6 Å². The Morgan fingerprint density at radius 2 is 1.96 bits per heavy atom. The van der Waals surface area contributed by atoms with Crippen LogP contribution in [0.4, 0.5) is 24.5 Å². The summed E-state index contributed by atoms with van der Waals surface area (Å²) in [5.41, 5.74) is -1.73. The molecule has 0 spiro atoms. The SMILES string of the molecule is O=C(Nc1cc(C(F)(F)F)ccc1-n1cncn1)c1ccc(Cl)c([N+](=O)[O-])c1. The van der Waals surface area contributed by atoms with E-state index in [9.17, 15) is 28.1 Å². The number of carbonyl (C=O) groups excluding carboxylic acids is 1. The van der Waals surface area contributed by atoms with Gasteiger partial charge in [0.2, 0.25) is 0 Å². The van der Waals surface area contributed by atoms with Crippen LogP contribution in [0.5, 0.6) is 0 Å². The molecule has 0 saturated carbocycles. The van der Waals surface area contributed by atoms with Gasteiger partial charge in [-0.15, -0.1) is 0 Å². The van der Waals surface area contributed by atoms with E-state index in [1.807, 2.05) is 0 Å². The lowest BCUT2D eigenvalue weighted by Gasteiger charge is -2.14. The lowest BCUT2D eigenvalue weighted by molar-refractivity contribution is -0.384. The van der Waals surface area contributed by atoms with Crippen LogP contribution < -0.4 is 5.32 Å². The molecule has 28 heavy (non-hydrogen) atoms. The molecule has 0 radical (unpaired) electrons. The lowest BCUT2D eigenvalue weighted by Crippen LogP contribution is -2.16. The highest BCUT2D eigenvalue weighted by Crippen LogP contribution is 2.33. The van der Waals surface area contributed by atoms with Gasteiger partial charge < -0.3 is 5.32 Å². The third-order valence-electron chi connectivity index (χ3n) is 3.64. The summed E-state index contributed by atoms with van der Waals surface area (Å²) in [6.07, 6.45) is -2.23. The first kappa shape index (κ1) is 19.3. The zero-order valence-corrected chi connectivity index (χ0v) is 14.4. The van der Waals surface area contributed by atoms with E-state index < -0.39 is 28.3 Å². The van der Waals surface area contributed by atoms with E-state index in [-0.39, 0.29) is 22.0 Å². The molecule has 0 atom stereocenters. The molecule has 0 aliphatic carbocycles. The van der Waals surface area contributed by atoms with E-state index in [0.717, 1.165) is 30.3 Å². The predicted molar refractivity (Wildman–Crippen MR) is 92.4 cm³/mol. The molecule has 144 valence electrons. The van der Waals surface area contributed by atoms with Gasteiger partial charge in [-0.25, -0.2) is 9.67 Å². The number of nitrogens with one attached hydrogen (secondary N) is 1. The van der Waals surface area contributed by atoms with Crippen molar-refractivity contribution in [2.24, 2.45) is 0 Å². The third-order valence-corrected chi connectivity index (χ3v) is 3.96. The van der Waals surface area contributed by atoms with Gasteiger partial charge in [0.15, 0.2) is 0 Å². The summed E-state index contributed by atoms with van der Waals surface area (Å²) in [7, 11) is 0. The molecular weight excluding hydrogens is 403 g/mol. The second kappa shape index (κ2) is 7.27. The van der Waals surface area contributed by atoms with Crippen LogP contribution in [0.2, 0.25) is 5.02 Å². The van der Waals surface area contributed by atoms with Crippen LogP contribution in [0.15, 0.2) is 49.1 Å². The van der Waals surface area contributed by atoms with E-state index in [1.165, 1.54) is 23.4 Å². The van der Waals surface area contributed by atoms with Gasteiger partial charge in [-0.1, -0.05) is 11.6 Å². The number of hydrogen-bond acceptors (Lipinski definition) is 5.